The van der Waals surface area contributed by atoms with E-state index in [0.717, 1.165) is 12.8 Å². The van der Waals surface area contributed by atoms with Crippen molar-refractivity contribution in [2.75, 3.05) is 13.7 Å². The molecule has 1 aliphatic rings. The molecule has 1 rings (SSSR count). The summed E-state index contributed by atoms with van der Waals surface area (Å²) < 4.78 is 4.63. The Morgan fingerprint density at radius 3 is 2.80 bits per heavy atom. The van der Waals surface area contributed by atoms with Gasteiger partial charge in [-0.2, -0.15) is 0 Å². The van der Waals surface area contributed by atoms with Crippen LogP contribution in [0.2, 0.25) is 0 Å². The zero-order valence-electron chi connectivity index (χ0n) is 6.04. The van der Waals surface area contributed by atoms with E-state index in [4.69, 9.17) is 5.84 Å². The summed E-state index contributed by atoms with van der Waals surface area (Å²) in [5.74, 6) is 5.28. The number of carbonyl (C=O) groups is 1. The van der Waals surface area contributed by atoms with Crippen LogP contribution >= 0.6 is 0 Å². The Hall–Kier alpha value is -0.610. The first kappa shape index (κ1) is 7.50. The van der Waals surface area contributed by atoms with E-state index in [-0.39, 0.29) is 18.6 Å². The predicted molar refractivity (Wildman–Crippen MR) is 35.9 cm³/mol. The molecule has 1 amide bonds. The van der Waals surface area contributed by atoms with Crippen molar-refractivity contribution in [1.29, 1.82) is 0 Å². The van der Waals surface area contributed by atoms with Gasteiger partial charge in [0.25, 0.3) is 5.91 Å². The standard InChI is InChI=1S/C6H12N2O2/c1-10-4-6(9)8(7)5-2-3-5/h5H,2-4,7H2,1H3. The van der Waals surface area contributed by atoms with Gasteiger partial charge in [0.2, 0.25) is 0 Å². The summed E-state index contributed by atoms with van der Waals surface area (Å²) in [7, 11) is 1.48. The smallest absolute Gasteiger partial charge is 0.262 e. The zero-order valence-corrected chi connectivity index (χ0v) is 6.04. The highest BCUT2D eigenvalue weighted by molar-refractivity contribution is 5.77. The summed E-state index contributed by atoms with van der Waals surface area (Å²) in [4.78, 5) is 10.9. The van der Waals surface area contributed by atoms with Crippen molar-refractivity contribution in [2.24, 2.45) is 5.84 Å². The third-order valence-corrected chi connectivity index (χ3v) is 1.50. The SMILES string of the molecule is COCC(=O)N(N)C1CC1. The van der Waals surface area contributed by atoms with Crippen molar-refractivity contribution in [3.8, 4) is 0 Å². The predicted octanol–water partition coefficient (Wildman–Crippen LogP) is -0.502. The van der Waals surface area contributed by atoms with E-state index in [9.17, 15) is 4.79 Å². The Bertz CT molecular complexity index is 134. The van der Waals surface area contributed by atoms with Gasteiger partial charge in [0.1, 0.15) is 6.61 Å². The Labute approximate surface area is 59.9 Å². The number of amides is 1. The number of methoxy groups -OCH3 is 1. The summed E-state index contributed by atoms with van der Waals surface area (Å²) in [6.07, 6.45) is 2.07. The molecule has 0 spiro atoms. The van der Waals surface area contributed by atoms with Crippen LogP contribution < -0.4 is 5.84 Å². The van der Waals surface area contributed by atoms with Gasteiger partial charge in [-0.25, -0.2) is 5.84 Å². The lowest BCUT2D eigenvalue weighted by Crippen LogP contribution is -2.41. The quantitative estimate of drug-likeness (QED) is 0.330. The van der Waals surface area contributed by atoms with Crippen LogP contribution in [0.3, 0.4) is 0 Å². The van der Waals surface area contributed by atoms with E-state index in [2.05, 4.69) is 4.74 Å². The highest BCUT2D eigenvalue weighted by Crippen LogP contribution is 2.23. The maximum absolute atomic E-state index is 10.9. The molecule has 0 aromatic carbocycles. The van der Waals surface area contributed by atoms with Crippen molar-refractivity contribution in [2.45, 2.75) is 18.9 Å². The van der Waals surface area contributed by atoms with Crippen LogP contribution in [-0.4, -0.2) is 30.7 Å². The molecular formula is C6H12N2O2. The molecule has 0 aromatic heterocycles. The topological polar surface area (TPSA) is 55.6 Å². The normalized spacial score (nSPS) is 17.0. The van der Waals surface area contributed by atoms with Crippen molar-refractivity contribution in [3.63, 3.8) is 0 Å². The second kappa shape index (κ2) is 2.98. The number of ether oxygens (including phenoxy) is 1. The molecule has 0 unspecified atom stereocenters. The van der Waals surface area contributed by atoms with Gasteiger partial charge >= 0.3 is 0 Å². The first-order valence-electron chi connectivity index (χ1n) is 3.31. The van der Waals surface area contributed by atoms with Crippen LogP contribution in [0.4, 0.5) is 0 Å². The lowest BCUT2D eigenvalue weighted by molar-refractivity contribution is -0.136. The molecule has 0 aliphatic heterocycles. The number of rotatable bonds is 3. The molecule has 58 valence electrons. The van der Waals surface area contributed by atoms with Gasteiger partial charge in [-0.15, -0.1) is 0 Å². The van der Waals surface area contributed by atoms with E-state index < -0.39 is 0 Å². The minimum absolute atomic E-state index is 0.0903. The highest BCUT2D eigenvalue weighted by Gasteiger charge is 2.30. The van der Waals surface area contributed by atoms with Gasteiger partial charge in [-0.1, -0.05) is 0 Å². The summed E-state index contributed by atoms with van der Waals surface area (Å²) >= 11 is 0. The number of hydrazine groups is 1. The fraction of sp³-hybridized carbons (Fsp3) is 0.833. The van der Waals surface area contributed by atoms with E-state index in [0.29, 0.717) is 0 Å². The summed E-state index contributed by atoms with van der Waals surface area (Å²) in [5, 5.41) is 1.27. The summed E-state index contributed by atoms with van der Waals surface area (Å²) in [6, 6.07) is 0.280. The van der Waals surface area contributed by atoms with Gasteiger partial charge in [0, 0.05) is 13.2 Å². The first-order valence-corrected chi connectivity index (χ1v) is 3.31. The number of nitrogens with zero attached hydrogens (tertiary/aromatic N) is 1. The minimum Gasteiger partial charge on any atom is -0.375 e. The van der Waals surface area contributed by atoms with Gasteiger partial charge in [0.05, 0.1) is 0 Å². The van der Waals surface area contributed by atoms with Crippen molar-refractivity contribution < 1.29 is 9.53 Å². The molecular weight excluding hydrogens is 132 g/mol. The van der Waals surface area contributed by atoms with Crippen LogP contribution in [0.1, 0.15) is 12.8 Å². The Balaban J connectivity index is 2.24. The fourth-order valence-electron chi connectivity index (χ4n) is 0.754. The van der Waals surface area contributed by atoms with Gasteiger partial charge < -0.3 is 4.74 Å². The summed E-state index contributed by atoms with van der Waals surface area (Å²) in [5.41, 5.74) is 0. The fourth-order valence-corrected chi connectivity index (χ4v) is 0.754. The highest BCUT2D eigenvalue weighted by atomic mass is 16.5. The number of carbonyl (C=O) groups excluding carboxylic acids is 1. The molecule has 0 heterocycles. The molecule has 1 saturated carbocycles. The van der Waals surface area contributed by atoms with Crippen molar-refractivity contribution >= 4 is 5.91 Å². The Morgan fingerprint density at radius 1 is 1.80 bits per heavy atom. The molecule has 4 nitrogen and oxygen atoms in total. The second-order valence-electron chi connectivity index (χ2n) is 2.47. The lowest BCUT2D eigenvalue weighted by Gasteiger charge is -2.14. The van der Waals surface area contributed by atoms with Gasteiger partial charge in [-0.3, -0.25) is 9.80 Å². The lowest BCUT2D eigenvalue weighted by atomic mass is 10.5. The maximum atomic E-state index is 10.9. The minimum atomic E-state index is -0.134. The molecule has 2 N–H and O–H groups in total. The van der Waals surface area contributed by atoms with Crippen LogP contribution in [0.15, 0.2) is 0 Å². The molecule has 1 fully saturated rings. The largest absolute Gasteiger partial charge is 0.375 e. The van der Waals surface area contributed by atoms with E-state index in [1.54, 1.807) is 0 Å². The number of nitrogens with two attached hydrogens (primary N) is 1. The van der Waals surface area contributed by atoms with E-state index in [1.807, 2.05) is 0 Å². The first-order chi connectivity index (χ1) is 4.75. The Kier molecular flexibility index (Phi) is 2.24. The Morgan fingerprint density at radius 2 is 2.40 bits per heavy atom. The van der Waals surface area contributed by atoms with Crippen LogP contribution in [-0.2, 0) is 9.53 Å². The van der Waals surface area contributed by atoms with Gasteiger partial charge in [0.15, 0.2) is 0 Å². The zero-order chi connectivity index (χ0) is 7.56. The third kappa shape index (κ3) is 1.68. The molecule has 10 heavy (non-hydrogen) atoms. The van der Waals surface area contributed by atoms with Crippen LogP contribution in [0.25, 0.3) is 0 Å². The van der Waals surface area contributed by atoms with Gasteiger partial charge in [-0.05, 0) is 12.8 Å². The molecule has 0 aromatic rings. The maximum Gasteiger partial charge on any atom is 0.262 e. The average molecular weight is 144 g/mol. The molecule has 0 saturated heterocycles. The van der Waals surface area contributed by atoms with E-state index in [1.165, 1.54) is 12.1 Å². The molecule has 0 atom stereocenters. The summed E-state index contributed by atoms with van der Waals surface area (Å²) in [6.45, 7) is 0.0903. The van der Waals surface area contributed by atoms with E-state index >= 15 is 0 Å². The molecule has 1 aliphatic carbocycles. The van der Waals surface area contributed by atoms with Crippen molar-refractivity contribution in [1.82, 2.24) is 5.01 Å². The van der Waals surface area contributed by atoms with Crippen LogP contribution in [0, 0.1) is 0 Å². The van der Waals surface area contributed by atoms with Crippen LogP contribution in [0.5, 0.6) is 0 Å². The monoisotopic (exact) mass is 144 g/mol. The molecule has 0 bridgehead atoms. The number of hydrogen-bond donors (Lipinski definition) is 1. The molecule has 0 radical (unpaired) electrons. The third-order valence-electron chi connectivity index (χ3n) is 1.50. The molecule has 4 heteroatoms. The second-order valence-corrected chi connectivity index (χ2v) is 2.47. The average Bonchev–Trinajstić information content (AvgIpc) is 2.68. The number of hydrogen-bond acceptors (Lipinski definition) is 3. The van der Waals surface area contributed by atoms with Crippen molar-refractivity contribution in [3.05, 3.63) is 0 Å².